The summed E-state index contributed by atoms with van der Waals surface area (Å²) in [7, 11) is 0. The third-order valence-electron chi connectivity index (χ3n) is 3.98. The van der Waals surface area contributed by atoms with Crippen molar-refractivity contribution in [2.75, 3.05) is 11.9 Å². The Morgan fingerprint density at radius 2 is 1.89 bits per heavy atom. The number of rotatable bonds is 6. The van der Waals surface area contributed by atoms with Crippen LogP contribution >= 0.6 is 0 Å². The van der Waals surface area contributed by atoms with Crippen molar-refractivity contribution in [2.24, 2.45) is 0 Å². The van der Waals surface area contributed by atoms with Gasteiger partial charge in [0, 0.05) is 18.0 Å². The van der Waals surface area contributed by atoms with Gasteiger partial charge in [-0.3, -0.25) is 4.79 Å². The summed E-state index contributed by atoms with van der Waals surface area (Å²) in [5, 5.41) is 12.8. The van der Waals surface area contributed by atoms with E-state index in [0.717, 1.165) is 16.6 Å². The van der Waals surface area contributed by atoms with Gasteiger partial charge in [0.1, 0.15) is 5.82 Å². The highest BCUT2D eigenvalue weighted by atomic mass is 19.1. The third kappa shape index (κ3) is 4.81. The Morgan fingerprint density at radius 3 is 2.61 bits per heavy atom. The smallest absolute Gasteiger partial charge is 0.315 e. The number of aromatic nitrogens is 3. The van der Waals surface area contributed by atoms with Gasteiger partial charge in [0.2, 0.25) is 5.91 Å². The standard InChI is InChI=1S/C19H21FN6O2/c1-12(2)26-18-14(9-24-26)7-16(10-21-18)25-17(27)11-23-19(28)22-8-13-3-5-15(20)6-4-13/h3-7,9-10,12H,8,11H2,1-2H3,(H,25,27)(H2,22,23,28). The van der Waals surface area contributed by atoms with Gasteiger partial charge in [0.25, 0.3) is 0 Å². The van der Waals surface area contributed by atoms with Crippen LogP contribution in [0.2, 0.25) is 0 Å². The van der Waals surface area contributed by atoms with Crippen molar-refractivity contribution in [2.45, 2.75) is 26.4 Å². The maximum absolute atomic E-state index is 12.8. The first-order valence-corrected chi connectivity index (χ1v) is 8.81. The zero-order valence-corrected chi connectivity index (χ0v) is 15.6. The second-order valence-electron chi connectivity index (χ2n) is 6.53. The fourth-order valence-electron chi connectivity index (χ4n) is 2.60. The average Bonchev–Trinajstić information content (AvgIpc) is 3.09. The molecular weight excluding hydrogens is 363 g/mol. The number of hydrogen-bond acceptors (Lipinski definition) is 4. The molecule has 3 N–H and O–H groups in total. The molecule has 0 saturated heterocycles. The van der Waals surface area contributed by atoms with Crippen LogP contribution < -0.4 is 16.0 Å². The molecule has 0 spiro atoms. The molecule has 0 unspecified atom stereocenters. The molecule has 0 radical (unpaired) electrons. The lowest BCUT2D eigenvalue weighted by molar-refractivity contribution is -0.115. The number of carbonyl (C=O) groups is 2. The number of nitrogens with zero attached hydrogens (tertiary/aromatic N) is 3. The first kappa shape index (κ1) is 19.3. The van der Waals surface area contributed by atoms with E-state index in [1.54, 1.807) is 35.3 Å². The first-order valence-electron chi connectivity index (χ1n) is 8.81. The van der Waals surface area contributed by atoms with Crippen LogP contribution in [0.25, 0.3) is 11.0 Å². The molecule has 146 valence electrons. The normalized spacial score (nSPS) is 10.9. The van der Waals surface area contributed by atoms with Crippen LogP contribution in [0.1, 0.15) is 25.5 Å². The Hall–Kier alpha value is -3.49. The van der Waals surface area contributed by atoms with E-state index < -0.39 is 6.03 Å². The molecule has 9 heteroatoms. The van der Waals surface area contributed by atoms with Crippen molar-refractivity contribution in [3.63, 3.8) is 0 Å². The van der Waals surface area contributed by atoms with Crippen molar-refractivity contribution in [3.05, 3.63) is 54.1 Å². The van der Waals surface area contributed by atoms with Crippen LogP contribution in [0.15, 0.2) is 42.7 Å². The quantitative estimate of drug-likeness (QED) is 0.608. The highest BCUT2D eigenvalue weighted by Crippen LogP contribution is 2.18. The summed E-state index contributed by atoms with van der Waals surface area (Å²) in [6.45, 7) is 4.06. The minimum absolute atomic E-state index is 0.183. The van der Waals surface area contributed by atoms with Crippen molar-refractivity contribution in [1.29, 1.82) is 0 Å². The number of halogens is 1. The summed E-state index contributed by atoms with van der Waals surface area (Å²) in [5.41, 5.74) is 2.02. The van der Waals surface area contributed by atoms with Gasteiger partial charge in [-0.25, -0.2) is 18.9 Å². The number of nitrogens with one attached hydrogen (secondary N) is 3. The minimum atomic E-state index is -0.494. The highest BCUT2D eigenvalue weighted by molar-refractivity contribution is 5.95. The Bertz CT molecular complexity index is 984. The van der Waals surface area contributed by atoms with Crippen molar-refractivity contribution in [1.82, 2.24) is 25.4 Å². The monoisotopic (exact) mass is 384 g/mol. The predicted molar refractivity (Wildman–Crippen MR) is 103 cm³/mol. The van der Waals surface area contributed by atoms with Gasteiger partial charge in [0.05, 0.1) is 24.6 Å². The van der Waals surface area contributed by atoms with Gasteiger partial charge in [-0.1, -0.05) is 12.1 Å². The summed E-state index contributed by atoms with van der Waals surface area (Å²) >= 11 is 0. The largest absolute Gasteiger partial charge is 0.334 e. The Balaban J connectivity index is 1.47. The molecule has 0 aliphatic heterocycles. The van der Waals surface area contributed by atoms with Crippen LogP contribution in [0.4, 0.5) is 14.9 Å². The maximum Gasteiger partial charge on any atom is 0.315 e. The van der Waals surface area contributed by atoms with Crippen LogP contribution in [0.5, 0.6) is 0 Å². The summed E-state index contributed by atoms with van der Waals surface area (Å²) in [6.07, 6.45) is 3.24. The van der Waals surface area contributed by atoms with E-state index in [1.165, 1.54) is 12.1 Å². The van der Waals surface area contributed by atoms with Crippen molar-refractivity contribution in [3.8, 4) is 0 Å². The zero-order valence-electron chi connectivity index (χ0n) is 15.6. The summed E-state index contributed by atoms with van der Waals surface area (Å²) in [4.78, 5) is 28.2. The summed E-state index contributed by atoms with van der Waals surface area (Å²) < 4.78 is 14.6. The second-order valence-corrected chi connectivity index (χ2v) is 6.53. The Kier molecular flexibility index (Phi) is 5.83. The van der Waals surface area contributed by atoms with Crippen LogP contribution in [0.3, 0.4) is 0 Å². The number of amides is 3. The lowest BCUT2D eigenvalue weighted by Crippen LogP contribution is -2.39. The number of benzene rings is 1. The molecule has 3 aromatic rings. The van der Waals surface area contributed by atoms with E-state index in [4.69, 9.17) is 0 Å². The minimum Gasteiger partial charge on any atom is -0.334 e. The molecule has 0 aliphatic rings. The molecule has 1 aromatic carbocycles. The van der Waals surface area contributed by atoms with Gasteiger partial charge in [-0.05, 0) is 37.6 Å². The number of anilines is 1. The lowest BCUT2D eigenvalue weighted by atomic mass is 10.2. The average molecular weight is 384 g/mol. The molecule has 3 rings (SSSR count). The molecule has 28 heavy (non-hydrogen) atoms. The molecule has 0 bridgehead atoms. The molecule has 2 aromatic heterocycles. The van der Waals surface area contributed by atoms with Gasteiger partial charge in [-0.15, -0.1) is 0 Å². The maximum atomic E-state index is 12.8. The molecule has 0 aliphatic carbocycles. The summed E-state index contributed by atoms with van der Waals surface area (Å²) in [5.74, 6) is -0.719. The molecule has 3 amide bonds. The van der Waals surface area contributed by atoms with Gasteiger partial charge in [0.15, 0.2) is 5.65 Å². The Labute approximate surface area is 161 Å². The van der Waals surface area contributed by atoms with Crippen molar-refractivity contribution >= 4 is 28.7 Å². The van der Waals surface area contributed by atoms with Gasteiger partial charge >= 0.3 is 6.03 Å². The number of urea groups is 1. The third-order valence-corrected chi connectivity index (χ3v) is 3.98. The van der Waals surface area contributed by atoms with E-state index in [0.29, 0.717) is 5.69 Å². The fourth-order valence-corrected chi connectivity index (χ4v) is 2.60. The van der Waals surface area contributed by atoms with Gasteiger partial charge < -0.3 is 16.0 Å². The molecule has 0 atom stereocenters. The predicted octanol–water partition coefficient (Wildman–Crippen LogP) is 2.59. The molecule has 0 saturated carbocycles. The second kappa shape index (κ2) is 8.47. The summed E-state index contributed by atoms with van der Waals surface area (Å²) in [6, 6.07) is 7.26. The van der Waals surface area contributed by atoms with E-state index in [1.807, 2.05) is 13.8 Å². The van der Waals surface area contributed by atoms with Crippen LogP contribution in [-0.2, 0) is 11.3 Å². The lowest BCUT2D eigenvalue weighted by Gasteiger charge is -2.09. The number of pyridine rings is 1. The SMILES string of the molecule is CC(C)n1ncc2cc(NC(=O)CNC(=O)NCc3ccc(F)cc3)cnc21. The number of carbonyl (C=O) groups excluding carboxylic acids is 2. The van der Waals surface area contributed by atoms with Crippen molar-refractivity contribution < 1.29 is 14.0 Å². The molecular formula is C19H21FN6O2. The number of fused-ring (bicyclic) bond motifs is 1. The van der Waals surface area contributed by atoms with E-state index in [2.05, 4.69) is 26.0 Å². The van der Waals surface area contributed by atoms with Crippen LogP contribution in [-0.4, -0.2) is 33.2 Å². The highest BCUT2D eigenvalue weighted by Gasteiger charge is 2.10. The molecule has 8 nitrogen and oxygen atoms in total. The molecule has 2 heterocycles. The van der Waals surface area contributed by atoms with Crippen LogP contribution in [0, 0.1) is 5.82 Å². The topological polar surface area (TPSA) is 101 Å². The molecule has 0 fully saturated rings. The van der Waals surface area contributed by atoms with E-state index in [-0.39, 0.29) is 30.9 Å². The van der Waals surface area contributed by atoms with Gasteiger partial charge in [-0.2, -0.15) is 5.10 Å². The Morgan fingerprint density at radius 1 is 1.14 bits per heavy atom. The van der Waals surface area contributed by atoms with E-state index >= 15 is 0 Å². The van der Waals surface area contributed by atoms with E-state index in [9.17, 15) is 14.0 Å². The zero-order chi connectivity index (χ0) is 20.1. The fraction of sp³-hybridized carbons (Fsp3) is 0.263. The first-order chi connectivity index (χ1) is 13.4. The number of hydrogen-bond donors (Lipinski definition) is 3.